The van der Waals surface area contributed by atoms with E-state index >= 15 is 0 Å². The highest BCUT2D eigenvalue weighted by atomic mass is 35.5. The fourth-order valence-corrected chi connectivity index (χ4v) is 4.97. The zero-order valence-corrected chi connectivity index (χ0v) is 22.8. The predicted octanol–water partition coefficient (Wildman–Crippen LogP) is 5.90. The molecule has 0 N–H and O–H groups in total. The first-order valence-electron chi connectivity index (χ1n) is 12.2. The van der Waals surface area contributed by atoms with Crippen molar-refractivity contribution in [3.05, 3.63) is 127 Å². The van der Waals surface area contributed by atoms with Crippen LogP contribution in [-0.2, 0) is 19.7 Å². The number of hydrogen-bond donors (Lipinski definition) is 0. The largest absolute Gasteiger partial charge is 0.495 e. The molecule has 0 spiro atoms. The van der Waals surface area contributed by atoms with Crippen LogP contribution in [0.15, 0.2) is 77.6 Å². The van der Waals surface area contributed by atoms with Crippen LogP contribution in [0.5, 0.6) is 11.5 Å². The van der Waals surface area contributed by atoms with E-state index in [2.05, 4.69) is 0 Å². The summed E-state index contributed by atoms with van der Waals surface area (Å²) in [5.74, 6) is 0.115. The first-order chi connectivity index (χ1) is 18.8. The number of fused-ring (bicyclic) bond motifs is 1. The first kappa shape index (κ1) is 26.5. The van der Waals surface area contributed by atoms with Gasteiger partial charge in [0.1, 0.15) is 23.1 Å². The molecule has 0 saturated heterocycles. The number of ether oxygens (including phenoxy) is 2. The lowest BCUT2D eigenvalue weighted by Crippen LogP contribution is -2.29. The van der Waals surface area contributed by atoms with E-state index in [1.54, 1.807) is 54.0 Å². The summed E-state index contributed by atoms with van der Waals surface area (Å²) in [6.07, 6.45) is 0. The van der Waals surface area contributed by atoms with E-state index in [4.69, 9.17) is 32.7 Å². The van der Waals surface area contributed by atoms with Crippen LogP contribution in [0.1, 0.15) is 43.1 Å². The second-order valence-electron chi connectivity index (χ2n) is 9.12. The molecule has 5 rings (SSSR count). The van der Waals surface area contributed by atoms with Gasteiger partial charge in [-0.05, 0) is 47.9 Å². The van der Waals surface area contributed by atoms with Crippen molar-refractivity contribution >= 4 is 35.0 Å². The Hall–Kier alpha value is -4.07. The van der Waals surface area contributed by atoms with Gasteiger partial charge in [0.2, 0.25) is 0 Å². The molecule has 1 aliphatic heterocycles. The van der Waals surface area contributed by atoms with Crippen LogP contribution in [-0.4, -0.2) is 28.4 Å². The van der Waals surface area contributed by atoms with Crippen LogP contribution in [0.25, 0.3) is 0 Å². The molecule has 9 heteroatoms. The number of benzene rings is 3. The summed E-state index contributed by atoms with van der Waals surface area (Å²) in [6, 6.07) is 21.2. The van der Waals surface area contributed by atoms with Crippen molar-refractivity contribution in [1.82, 2.24) is 9.47 Å². The molecule has 0 unspecified atom stereocenters. The third-order valence-corrected chi connectivity index (χ3v) is 7.34. The topological polar surface area (TPSA) is 77.8 Å². The van der Waals surface area contributed by atoms with Crippen LogP contribution in [0.4, 0.5) is 0 Å². The number of aromatic nitrogens is 1. The summed E-state index contributed by atoms with van der Waals surface area (Å²) >= 11 is 12.6. The molecule has 0 fully saturated rings. The van der Waals surface area contributed by atoms with Crippen molar-refractivity contribution in [3.8, 4) is 11.5 Å². The van der Waals surface area contributed by atoms with E-state index in [0.717, 1.165) is 16.7 Å². The minimum absolute atomic E-state index is 0.0423. The Morgan fingerprint density at radius 3 is 2.08 bits per heavy atom. The average molecular weight is 563 g/mol. The Bertz CT molecular complexity index is 1630. The second kappa shape index (κ2) is 11.0. The Kier molecular flexibility index (Phi) is 7.46. The summed E-state index contributed by atoms with van der Waals surface area (Å²) in [6.45, 7) is 2.27. The van der Waals surface area contributed by atoms with E-state index in [1.165, 1.54) is 12.0 Å². The summed E-state index contributed by atoms with van der Waals surface area (Å²) < 4.78 is 12.8. The fraction of sp³-hybridized carbons (Fsp3) is 0.167. The maximum Gasteiger partial charge on any atom is 0.273 e. The molecule has 4 aromatic rings. The number of carbonyl (C=O) groups excluding carboxylic acids is 2. The smallest absolute Gasteiger partial charge is 0.273 e. The van der Waals surface area contributed by atoms with Crippen LogP contribution >= 0.6 is 23.2 Å². The number of rotatable bonds is 8. The molecular weight excluding hydrogens is 539 g/mol. The summed E-state index contributed by atoms with van der Waals surface area (Å²) in [5.41, 5.74) is 3.41. The van der Waals surface area contributed by atoms with Gasteiger partial charge in [-0.2, -0.15) is 0 Å². The Morgan fingerprint density at radius 2 is 1.41 bits per heavy atom. The molecule has 0 atom stereocenters. The summed E-state index contributed by atoms with van der Waals surface area (Å²) in [5, 5.41) is 0.440. The van der Waals surface area contributed by atoms with Gasteiger partial charge in [0.25, 0.3) is 17.4 Å². The lowest BCUT2D eigenvalue weighted by molar-refractivity contribution is 0.0641. The number of amides is 2. The lowest BCUT2D eigenvalue weighted by Gasteiger charge is -2.18. The van der Waals surface area contributed by atoms with Crippen LogP contribution in [0.3, 0.4) is 0 Å². The van der Waals surface area contributed by atoms with Crippen molar-refractivity contribution in [1.29, 1.82) is 0 Å². The highest BCUT2D eigenvalue weighted by molar-refractivity contribution is 6.32. The zero-order valence-electron chi connectivity index (χ0n) is 21.2. The maximum atomic E-state index is 13.1. The van der Waals surface area contributed by atoms with Gasteiger partial charge < -0.3 is 14.0 Å². The molecule has 3 aromatic carbocycles. The van der Waals surface area contributed by atoms with Crippen molar-refractivity contribution < 1.29 is 19.1 Å². The van der Waals surface area contributed by atoms with Crippen molar-refractivity contribution in [2.24, 2.45) is 0 Å². The zero-order chi connectivity index (χ0) is 27.7. The van der Waals surface area contributed by atoms with Gasteiger partial charge in [0.05, 0.1) is 36.3 Å². The number of carbonyl (C=O) groups is 2. The lowest BCUT2D eigenvalue weighted by atomic mass is 10.1. The molecule has 2 heterocycles. The van der Waals surface area contributed by atoms with Crippen molar-refractivity contribution in [3.63, 3.8) is 0 Å². The van der Waals surface area contributed by atoms with Crippen LogP contribution in [0, 0.1) is 6.92 Å². The number of hydrogen-bond acceptors (Lipinski definition) is 5. The van der Waals surface area contributed by atoms with Gasteiger partial charge in [-0.25, -0.2) is 0 Å². The minimum atomic E-state index is -0.389. The monoisotopic (exact) mass is 562 g/mol. The maximum absolute atomic E-state index is 13.1. The Morgan fingerprint density at radius 1 is 0.769 bits per heavy atom. The third kappa shape index (κ3) is 5.15. The minimum Gasteiger partial charge on any atom is -0.495 e. The number of imide groups is 1. The highest BCUT2D eigenvalue weighted by Gasteiger charge is 2.35. The molecule has 1 aliphatic rings. The van der Waals surface area contributed by atoms with Crippen molar-refractivity contribution in [2.45, 2.75) is 26.6 Å². The Balaban J connectivity index is 1.34. The van der Waals surface area contributed by atoms with E-state index in [-0.39, 0.29) is 47.8 Å². The van der Waals surface area contributed by atoms with Gasteiger partial charge in [0, 0.05) is 11.8 Å². The van der Waals surface area contributed by atoms with Gasteiger partial charge >= 0.3 is 0 Å². The summed E-state index contributed by atoms with van der Waals surface area (Å²) in [7, 11) is 1.53. The summed E-state index contributed by atoms with van der Waals surface area (Å²) in [4.78, 5) is 40.1. The van der Waals surface area contributed by atoms with Crippen LogP contribution < -0.4 is 15.0 Å². The van der Waals surface area contributed by atoms with E-state index in [1.807, 2.05) is 30.3 Å². The van der Waals surface area contributed by atoms with Crippen LogP contribution in [0.2, 0.25) is 10.0 Å². The predicted molar refractivity (Wildman–Crippen MR) is 149 cm³/mol. The first-order valence-corrected chi connectivity index (χ1v) is 12.9. The quantitative estimate of drug-likeness (QED) is 0.250. The number of pyridine rings is 1. The molecule has 0 saturated carbocycles. The number of methoxy groups -OCH3 is 1. The molecule has 0 bridgehead atoms. The van der Waals surface area contributed by atoms with Crippen molar-refractivity contribution in [2.75, 3.05) is 7.11 Å². The molecular formula is C30H24Cl2N2O5. The number of halogens is 2. The third-order valence-electron chi connectivity index (χ3n) is 6.68. The average Bonchev–Trinajstić information content (AvgIpc) is 3.18. The normalized spacial score (nSPS) is 12.6. The number of nitrogens with zero attached hydrogens (tertiary/aromatic N) is 2. The van der Waals surface area contributed by atoms with E-state index in [0.29, 0.717) is 27.6 Å². The Labute approximate surface area is 235 Å². The molecule has 1 aromatic heterocycles. The molecule has 0 aliphatic carbocycles. The second-order valence-corrected chi connectivity index (χ2v) is 9.91. The molecule has 198 valence electrons. The van der Waals surface area contributed by atoms with Gasteiger partial charge in [-0.1, -0.05) is 65.7 Å². The van der Waals surface area contributed by atoms with Gasteiger partial charge in [-0.3, -0.25) is 19.3 Å². The molecule has 2 amide bonds. The SMILES string of the molecule is COc1cc(Cn2c(C)cc(OCc3ccccc3CN3C(=O)c4ccccc4C3=O)c(Cl)c2=O)ccc1Cl. The molecule has 39 heavy (non-hydrogen) atoms. The van der Waals surface area contributed by atoms with Gasteiger partial charge in [-0.15, -0.1) is 0 Å². The van der Waals surface area contributed by atoms with E-state index < -0.39 is 0 Å². The van der Waals surface area contributed by atoms with Gasteiger partial charge in [0.15, 0.2) is 0 Å². The fourth-order valence-electron chi connectivity index (χ4n) is 4.56. The molecule has 0 radical (unpaired) electrons. The molecule has 7 nitrogen and oxygen atoms in total. The highest BCUT2D eigenvalue weighted by Crippen LogP contribution is 2.28. The standard InChI is InChI=1S/C30H24Cl2N2O5/c1-18-13-26(27(32)30(37)33(18)15-19-11-12-24(31)25(14-19)38-2)39-17-21-8-4-3-7-20(21)16-34-28(35)22-9-5-6-10-23(22)29(34)36/h3-14H,15-17H2,1-2H3. The van der Waals surface area contributed by atoms with E-state index in [9.17, 15) is 14.4 Å². The number of aryl methyl sites for hydroxylation is 1.